The second-order valence-corrected chi connectivity index (χ2v) is 4.91. The van der Waals surface area contributed by atoms with Crippen LogP contribution in [-0.4, -0.2) is 21.8 Å². The Bertz CT molecular complexity index is 714. The molecule has 1 aromatic heterocycles. The Morgan fingerprint density at radius 2 is 1.90 bits per heavy atom. The van der Waals surface area contributed by atoms with Crippen molar-refractivity contribution in [1.29, 1.82) is 0 Å². The lowest BCUT2D eigenvalue weighted by atomic mass is 10.3. The van der Waals surface area contributed by atoms with Gasteiger partial charge in [-0.3, -0.25) is 4.79 Å². The van der Waals surface area contributed by atoms with E-state index in [2.05, 4.69) is 10.3 Å². The fraction of sp³-hybridized carbons (Fsp3) is 0.0833. The van der Waals surface area contributed by atoms with E-state index in [1.807, 2.05) is 0 Å². The average molecular weight is 316 g/mol. The zero-order valence-corrected chi connectivity index (χ0v) is 11.2. The normalized spacial score (nSPS) is 10.5. The summed E-state index contributed by atoms with van der Waals surface area (Å²) in [5.41, 5.74) is -0.910. The number of benzene rings is 1. The number of hydrogen-bond acceptors (Lipinski definition) is 5. The summed E-state index contributed by atoms with van der Waals surface area (Å²) in [6.45, 7) is 1.15. The van der Waals surface area contributed by atoms with Crippen molar-refractivity contribution in [2.24, 2.45) is 0 Å². The fourth-order valence-electron chi connectivity index (χ4n) is 1.49. The van der Waals surface area contributed by atoms with Crippen molar-refractivity contribution < 1.29 is 27.9 Å². The first-order valence-electron chi connectivity index (χ1n) is 5.46. The van der Waals surface area contributed by atoms with Crippen LogP contribution in [0, 0.1) is 17.5 Å². The molecule has 0 bridgehead atoms. The lowest BCUT2D eigenvalue weighted by molar-refractivity contribution is 0.0687. The topological polar surface area (TPSA) is 79.3 Å². The number of hydrogen-bond donors (Lipinski definition) is 2. The van der Waals surface area contributed by atoms with Crippen LogP contribution in [0.15, 0.2) is 12.1 Å². The van der Waals surface area contributed by atoms with Gasteiger partial charge in [0, 0.05) is 6.92 Å². The van der Waals surface area contributed by atoms with E-state index in [-0.39, 0.29) is 10.0 Å². The summed E-state index contributed by atoms with van der Waals surface area (Å²) in [7, 11) is 0. The first-order valence-corrected chi connectivity index (χ1v) is 6.28. The predicted octanol–water partition coefficient (Wildman–Crippen LogP) is 3.20. The van der Waals surface area contributed by atoms with Gasteiger partial charge in [-0.1, -0.05) is 11.3 Å². The molecule has 0 spiro atoms. The highest BCUT2D eigenvalue weighted by molar-refractivity contribution is 7.17. The standard InChI is InChI=1S/C12H7F3N2O3S/c1-4(18)10-9(11(19)20)17-12(21-10)16-6-3-2-5(13)7(14)8(6)15/h2-3H,1H3,(H,16,17)(H,19,20). The molecule has 9 heteroatoms. The van der Waals surface area contributed by atoms with Crippen molar-refractivity contribution in [2.75, 3.05) is 5.32 Å². The molecule has 2 rings (SSSR count). The second kappa shape index (κ2) is 5.52. The summed E-state index contributed by atoms with van der Waals surface area (Å²) < 4.78 is 39.4. The van der Waals surface area contributed by atoms with Gasteiger partial charge in [-0.15, -0.1) is 0 Å². The lowest BCUT2D eigenvalue weighted by Gasteiger charge is -2.04. The van der Waals surface area contributed by atoms with Gasteiger partial charge in [0.25, 0.3) is 0 Å². The molecule has 5 nitrogen and oxygen atoms in total. The van der Waals surface area contributed by atoms with Gasteiger partial charge in [0.1, 0.15) is 4.88 Å². The summed E-state index contributed by atoms with van der Waals surface area (Å²) in [6, 6.07) is 1.64. The molecule has 1 aromatic carbocycles. The van der Waals surface area contributed by atoms with Crippen LogP contribution in [0.25, 0.3) is 0 Å². The van der Waals surface area contributed by atoms with E-state index in [0.717, 1.165) is 13.0 Å². The molecule has 1 heterocycles. The second-order valence-electron chi connectivity index (χ2n) is 3.91. The van der Waals surface area contributed by atoms with Gasteiger partial charge in [-0.05, 0) is 12.1 Å². The Morgan fingerprint density at radius 3 is 2.43 bits per heavy atom. The van der Waals surface area contributed by atoms with Crippen LogP contribution in [-0.2, 0) is 0 Å². The number of carboxylic acid groups (broad SMARTS) is 1. The van der Waals surface area contributed by atoms with Crippen LogP contribution in [0.5, 0.6) is 0 Å². The number of Topliss-reactive ketones (excluding diaryl/α,β-unsaturated/α-hetero) is 1. The SMILES string of the molecule is CC(=O)c1sc(Nc2ccc(F)c(F)c2F)nc1C(=O)O. The highest BCUT2D eigenvalue weighted by Crippen LogP contribution is 2.29. The van der Waals surface area contributed by atoms with Crippen molar-refractivity contribution in [3.63, 3.8) is 0 Å². The van der Waals surface area contributed by atoms with E-state index in [1.165, 1.54) is 0 Å². The number of aromatic carboxylic acids is 1. The van der Waals surface area contributed by atoms with Crippen LogP contribution >= 0.6 is 11.3 Å². The Morgan fingerprint density at radius 1 is 1.24 bits per heavy atom. The molecule has 0 aliphatic rings. The zero-order valence-electron chi connectivity index (χ0n) is 10.4. The third kappa shape index (κ3) is 2.87. The highest BCUT2D eigenvalue weighted by atomic mass is 32.1. The number of carbonyl (C=O) groups excluding carboxylic acids is 1. The number of aromatic nitrogens is 1. The van der Waals surface area contributed by atoms with Gasteiger partial charge in [0.2, 0.25) is 0 Å². The first-order chi connectivity index (χ1) is 9.81. The molecule has 0 fully saturated rings. The Kier molecular flexibility index (Phi) is 3.94. The predicted molar refractivity (Wildman–Crippen MR) is 68.7 cm³/mol. The number of halogens is 3. The molecule has 0 aliphatic carbocycles. The molecule has 0 saturated heterocycles. The molecule has 0 unspecified atom stereocenters. The Hall–Kier alpha value is -2.42. The summed E-state index contributed by atoms with van der Waals surface area (Å²) >= 11 is 0.674. The quantitative estimate of drug-likeness (QED) is 0.669. The number of nitrogens with one attached hydrogen (secondary N) is 1. The summed E-state index contributed by atoms with van der Waals surface area (Å²) in [6.07, 6.45) is 0. The largest absolute Gasteiger partial charge is 0.476 e. The molecule has 21 heavy (non-hydrogen) atoms. The molecule has 0 atom stereocenters. The van der Waals surface area contributed by atoms with E-state index in [1.54, 1.807) is 0 Å². The average Bonchev–Trinajstić information content (AvgIpc) is 2.84. The molecule has 2 aromatic rings. The summed E-state index contributed by atoms with van der Waals surface area (Å²) in [5, 5.41) is 11.1. The van der Waals surface area contributed by atoms with Crippen molar-refractivity contribution in [2.45, 2.75) is 6.92 Å². The fourth-order valence-corrected chi connectivity index (χ4v) is 2.36. The molecular formula is C12H7F3N2O3S. The van der Waals surface area contributed by atoms with Gasteiger partial charge in [0.05, 0.1) is 5.69 Å². The van der Waals surface area contributed by atoms with Gasteiger partial charge < -0.3 is 10.4 Å². The maximum Gasteiger partial charge on any atom is 0.356 e. The molecule has 2 N–H and O–H groups in total. The van der Waals surface area contributed by atoms with Gasteiger partial charge in [-0.2, -0.15) is 0 Å². The van der Waals surface area contributed by atoms with E-state index in [9.17, 15) is 22.8 Å². The number of anilines is 2. The Balaban J connectivity index is 2.41. The maximum absolute atomic E-state index is 13.5. The van der Waals surface area contributed by atoms with E-state index in [0.29, 0.717) is 17.4 Å². The number of carbonyl (C=O) groups is 2. The molecule has 110 valence electrons. The third-order valence-corrected chi connectivity index (χ3v) is 3.50. The highest BCUT2D eigenvalue weighted by Gasteiger charge is 2.22. The van der Waals surface area contributed by atoms with Crippen LogP contribution in [0.4, 0.5) is 24.0 Å². The molecular weight excluding hydrogens is 309 g/mol. The molecule has 0 radical (unpaired) electrons. The first kappa shape index (κ1) is 15.0. The minimum absolute atomic E-state index is 0.123. The van der Waals surface area contributed by atoms with Crippen LogP contribution < -0.4 is 5.32 Å². The van der Waals surface area contributed by atoms with Crippen molar-refractivity contribution in [3.05, 3.63) is 40.2 Å². The van der Waals surface area contributed by atoms with E-state index in [4.69, 9.17) is 5.11 Å². The minimum Gasteiger partial charge on any atom is -0.476 e. The van der Waals surface area contributed by atoms with Crippen molar-refractivity contribution >= 4 is 33.9 Å². The summed E-state index contributed by atoms with van der Waals surface area (Å²) in [5.74, 6) is -6.43. The van der Waals surface area contributed by atoms with E-state index < -0.39 is 40.6 Å². The van der Waals surface area contributed by atoms with Gasteiger partial charge in [0.15, 0.2) is 34.1 Å². The molecule has 0 amide bonds. The smallest absolute Gasteiger partial charge is 0.356 e. The van der Waals surface area contributed by atoms with Crippen LogP contribution in [0.2, 0.25) is 0 Å². The number of ketones is 1. The van der Waals surface area contributed by atoms with Gasteiger partial charge >= 0.3 is 5.97 Å². The number of thiazole rings is 1. The number of rotatable bonds is 4. The number of carboxylic acids is 1. The Labute approximate surface area is 120 Å². The molecule has 0 saturated carbocycles. The van der Waals surface area contributed by atoms with E-state index >= 15 is 0 Å². The lowest BCUT2D eigenvalue weighted by Crippen LogP contribution is -2.04. The minimum atomic E-state index is -1.66. The van der Waals surface area contributed by atoms with Gasteiger partial charge in [-0.25, -0.2) is 22.9 Å². The zero-order chi connectivity index (χ0) is 15.7. The van der Waals surface area contributed by atoms with Crippen LogP contribution in [0.1, 0.15) is 27.1 Å². The number of nitrogens with zero attached hydrogens (tertiary/aromatic N) is 1. The maximum atomic E-state index is 13.5. The summed E-state index contributed by atoms with van der Waals surface area (Å²) in [4.78, 5) is 25.7. The van der Waals surface area contributed by atoms with Crippen molar-refractivity contribution in [3.8, 4) is 0 Å². The molecule has 0 aliphatic heterocycles. The van der Waals surface area contributed by atoms with Crippen molar-refractivity contribution in [1.82, 2.24) is 4.98 Å². The monoisotopic (exact) mass is 316 g/mol. The third-order valence-electron chi connectivity index (χ3n) is 2.43. The van der Waals surface area contributed by atoms with Crippen LogP contribution in [0.3, 0.4) is 0 Å².